The fraction of sp³-hybridized carbons (Fsp3) is 0.286. The first-order chi connectivity index (χ1) is 26.4. The second-order valence-corrected chi connectivity index (χ2v) is 13.9. The summed E-state index contributed by atoms with van der Waals surface area (Å²) < 4.78 is 4.07. The topological polar surface area (TPSA) is 190 Å². The number of hydrogen-bond acceptors (Lipinski definition) is 8. The Morgan fingerprint density at radius 1 is 0.544 bits per heavy atom. The number of aliphatic carboxylic acids is 2. The maximum absolute atomic E-state index is 12.3. The predicted octanol–water partition coefficient (Wildman–Crippen LogP) is 4.37. The average Bonchev–Trinajstić information content (AvgIpc) is 3.69. The third kappa shape index (κ3) is 11.7. The van der Waals surface area contributed by atoms with Gasteiger partial charge < -0.3 is 39.0 Å². The number of hydrogen-bond donors (Lipinski definition) is 4. The molecule has 305 valence electrons. The van der Waals surface area contributed by atoms with Gasteiger partial charge in [0.05, 0.1) is 35.6 Å². The summed E-state index contributed by atoms with van der Waals surface area (Å²) in [6.45, 7) is 8.21. The van der Waals surface area contributed by atoms with Gasteiger partial charge in [0.15, 0.2) is 12.2 Å². The van der Waals surface area contributed by atoms with Gasteiger partial charge >= 0.3 is 11.9 Å². The largest absolute Gasteiger partial charge is 0.479 e. The van der Waals surface area contributed by atoms with Gasteiger partial charge in [-0.2, -0.15) is 0 Å². The Hall–Kier alpha value is -5.64. The Bertz CT molecular complexity index is 2190. The Balaban J connectivity index is 0.000000245. The molecule has 15 heteroatoms. The maximum Gasteiger partial charge on any atom is 0.335 e. The molecule has 2 atom stereocenters. The molecule has 4 N–H and O–H groups in total. The van der Waals surface area contributed by atoms with Crippen LogP contribution in [0.1, 0.15) is 33.6 Å². The van der Waals surface area contributed by atoms with Crippen LogP contribution in [-0.4, -0.2) is 113 Å². The third-order valence-electron chi connectivity index (χ3n) is 8.82. The first-order valence-electron chi connectivity index (χ1n) is 17.7. The zero-order valence-corrected chi connectivity index (χ0v) is 34.5. The van der Waals surface area contributed by atoms with Crippen LogP contribution in [0.25, 0.3) is 33.8 Å². The SMILES string of the molecule is Cc1ccc(-c2nc3ccc(C)cn3c2CC(=O)N(C)C)cc1.Cc1ccc(-c2nc3ccc(C)cn3c2CC(=O)N(C)C)cc1.O=C(O)C(O)C(O)C(=O)O.[Ag]. The van der Waals surface area contributed by atoms with Crippen LogP contribution in [-0.2, 0) is 54.4 Å². The molecule has 6 aromatic rings. The molecule has 0 fully saturated rings. The van der Waals surface area contributed by atoms with Gasteiger partial charge in [-0.05, 0) is 51.0 Å². The fourth-order valence-corrected chi connectivity index (χ4v) is 5.49. The van der Waals surface area contributed by atoms with Gasteiger partial charge in [0.2, 0.25) is 11.8 Å². The minimum atomic E-state index is -2.27. The van der Waals surface area contributed by atoms with Crippen LogP contribution in [0.3, 0.4) is 0 Å². The van der Waals surface area contributed by atoms with Crippen molar-refractivity contribution in [2.45, 2.75) is 52.7 Å². The van der Waals surface area contributed by atoms with Crippen molar-refractivity contribution in [3.05, 3.63) is 119 Å². The van der Waals surface area contributed by atoms with Crippen LogP contribution in [0.5, 0.6) is 0 Å². The molecule has 57 heavy (non-hydrogen) atoms. The fourth-order valence-electron chi connectivity index (χ4n) is 5.49. The molecule has 4 aromatic heterocycles. The number of fused-ring (bicyclic) bond motifs is 2. The van der Waals surface area contributed by atoms with E-state index in [0.29, 0.717) is 12.8 Å². The van der Waals surface area contributed by atoms with Crippen molar-refractivity contribution in [1.82, 2.24) is 28.6 Å². The van der Waals surface area contributed by atoms with E-state index in [1.807, 2.05) is 59.3 Å². The molecule has 2 unspecified atom stereocenters. The van der Waals surface area contributed by atoms with Crippen LogP contribution < -0.4 is 0 Å². The summed E-state index contributed by atoms with van der Waals surface area (Å²) in [4.78, 5) is 56.8. The molecule has 6 rings (SSSR count). The number of benzene rings is 2. The Morgan fingerprint density at radius 2 is 0.842 bits per heavy atom. The minimum Gasteiger partial charge on any atom is -0.479 e. The molecule has 2 amide bonds. The standard InChI is InChI=1S/2C19H21N3O.C4H6O6.Ag/c2*1-13-5-8-15(9-6-13)19-16(11-18(23)21(3)4)22-12-14(2)7-10-17(22)20-19;5-1(3(7)8)2(6)4(9)10;/h2*5-10,12H,11H2,1-4H3;1-2,5-6H,(H,7,8)(H,9,10);. The third-order valence-corrected chi connectivity index (χ3v) is 8.82. The number of nitrogens with zero attached hydrogens (tertiary/aromatic N) is 6. The van der Waals surface area contributed by atoms with E-state index in [-0.39, 0.29) is 34.2 Å². The van der Waals surface area contributed by atoms with Crippen molar-refractivity contribution in [2.24, 2.45) is 0 Å². The Labute approximate surface area is 346 Å². The maximum atomic E-state index is 12.3. The van der Waals surface area contributed by atoms with Crippen molar-refractivity contribution < 1.29 is 62.0 Å². The molecule has 1 radical (unpaired) electrons. The van der Waals surface area contributed by atoms with Gasteiger partial charge in [-0.1, -0.05) is 71.8 Å². The quantitative estimate of drug-likeness (QED) is 0.152. The molecular formula is C42H48AgN6O8. The Kier molecular flexibility index (Phi) is 16.0. The number of carbonyl (C=O) groups is 4. The number of rotatable bonds is 9. The van der Waals surface area contributed by atoms with Crippen molar-refractivity contribution in [2.75, 3.05) is 28.2 Å². The second-order valence-electron chi connectivity index (χ2n) is 13.9. The summed E-state index contributed by atoms with van der Waals surface area (Å²) in [5, 5.41) is 32.5. The summed E-state index contributed by atoms with van der Waals surface area (Å²) in [6.07, 6.45) is 0.216. The summed E-state index contributed by atoms with van der Waals surface area (Å²) in [7, 11) is 7.12. The minimum absolute atomic E-state index is 0. The molecule has 0 saturated heterocycles. The molecule has 0 aliphatic heterocycles. The molecule has 0 aliphatic carbocycles. The predicted molar refractivity (Wildman–Crippen MR) is 212 cm³/mol. The zero-order valence-electron chi connectivity index (χ0n) is 33.1. The number of carboxylic acid groups (broad SMARTS) is 2. The number of aromatic nitrogens is 4. The van der Waals surface area contributed by atoms with Crippen LogP contribution in [0, 0.1) is 27.7 Å². The van der Waals surface area contributed by atoms with E-state index in [1.165, 1.54) is 11.1 Å². The van der Waals surface area contributed by atoms with Gasteiger partial charge in [0, 0.05) is 74.1 Å². The molecule has 2 aromatic carbocycles. The summed E-state index contributed by atoms with van der Waals surface area (Å²) in [5.74, 6) is -3.40. The number of likely N-dealkylation sites (N-methyl/N-ethyl adjacent to an activating group) is 2. The number of imidazole rings is 2. The second kappa shape index (κ2) is 20.0. The van der Waals surface area contributed by atoms with E-state index < -0.39 is 24.1 Å². The van der Waals surface area contributed by atoms with Crippen LogP contribution in [0.4, 0.5) is 0 Å². The van der Waals surface area contributed by atoms with Gasteiger partial charge in [-0.25, -0.2) is 19.6 Å². The van der Waals surface area contributed by atoms with E-state index in [4.69, 9.17) is 30.4 Å². The molecule has 0 spiro atoms. The number of amides is 2. The van der Waals surface area contributed by atoms with Gasteiger partial charge in [-0.15, -0.1) is 0 Å². The molecule has 0 bridgehead atoms. The van der Waals surface area contributed by atoms with E-state index in [0.717, 1.165) is 56.3 Å². The number of pyridine rings is 2. The van der Waals surface area contributed by atoms with E-state index >= 15 is 0 Å². The average molecular weight is 873 g/mol. The molecule has 0 aliphatic rings. The van der Waals surface area contributed by atoms with Crippen molar-refractivity contribution in [1.29, 1.82) is 0 Å². The van der Waals surface area contributed by atoms with Crippen molar-refractivity contribution in [3.8, 4) is 22.5 Å². The van der Waals surface area contributed by atoms with E-state index in [9.17, 15) is 19.2 Å². The molecular weight excluding hydrogens is 824 g/mol. The number of aryl methyl sites for hydroxylation is 4. The summed E-state index contributed by atoms with van der Waals surface area (Å²) >= 11 is 0. The zero-order chi connectivity index (χ0) is 41.4. The number of aliphatic hydroxyl groups is 2. The van der Waals surface area contributed by atoms with Gasteiger partial charge in [0.1, 0.15) is 11.3 Å². The smallest absolute Gasteiger partial charge is 0.335 e. The van der Waals surface area contributed by atoms with Gasteiger partial charge in [0.25, 0.3) is 0 Å². The van der Waals surface area contributed by atoms with E-state index in [2.05, 4.69) is 62.4 Å². The number of aliphatic hydroxyl groups excluding tert-OH is 2. The van der Waals surface area contributed by atoms with Crippen molar-refractivity contribution >= 4 is 35.0 Å². The molecule has 14 nitrogen and oxygen atoms in total. The summed E-state index contributed by atoms with van der Waals surface area (Å²) in [5.41, 5.74) is 12.2. The first kappa shape index (κ1) is 45.7. The number of carbonyl (C=O) groups excluding carboxylic acids is 2. The van der Waals surface area contributed by atoms with Gasteiger partial charge in [-0.3, -0.25) is 9.59 Å². The monoisotopic (exact) mass is 871 g/mol. The van der Waals surface area contributed by atoms with E-state index in [1.54, 1.807) is 38.0 Å². The first-order valence-corrected chi connectivity index (χ1v) is 17.7. The van der Waals surface area contributed by atoms with Crippen LogP contribution >= 0.6 is 0 Å². The normalized spacial score (nSPS) is 11.6. The molecule has 4 heterocycles. The Morgan fingerprint density at radius 3 is 1.12 bits per heavy atom. The molecule has 0 saturated carbocycles. The van der Waals surface area contributed by atoms with Crippen molar-refractivity contribution in [3.63, 3.8) is 0 Å². The van der Waals surface area contributed by atoms with Crippen LogP contribution in [0.15, 0.2) is 85.2 Å². The summed E-state index contributed by atoms with van der Waals surface area (Å²) in [6, 6.07) is 24.6. The van der Waals surface area contributed by atoms with Crippen LogP contribution in [0.2, 0.25) is 0 Å². The number of carboxylic acids is 2.